The van der Waals surface area contributed by atoms with E-state index in [-0.39, 0.29) is 18.6 Å². The van der Waals surface area contributed by atoms with E-state index in [0.29, 0.717) is 13.1 Å². The van der Waals surface area contributed by atoms with Crippen LogP contribution in [0.3, 0.4) is 0 Å². The number of carbonyl (C=O) groups is 2. The van der Waals surface area contributed by atoms with Crippen LogP contribution in [0.5, 0.6) is 0 Å². The standard InChI is InChI=1S/C26H29N3O3/c1-20(27-17-21-11-5-2-6-12-21)24(25(30)28-18-22-13-7-3-8-14-22)29-26(31)32-19-23-15-9-4-10-16-23/h2-16,20,24,27H,17-19H2,1H3,(H,28,30)(H,29,31)/t20?,24-/m0/s1. The van der Waals surface area contributed by atoms with Crippen LogP contribution in [0.1, 0.15) is 23.6 Å². The number of carbonyl (C=O) groups excluding carboxylic acids is 2. The van der Waals surface area contributed by atoms with Crippen LogP contribution < -0.4 is 16.0 Å². The van der Waals surface area contributed by atoms with Gasteiger partial charge in [0.25, 0.3) is 0 Å². The van der Waals surface area contributed by atoms with E-state index in [9.17, 15) is 9.59 Å². The van der Waals surface area contributed by atoms with Gasteiger partial charge in [0.2, 0.25) is 5.91 Å². The highest BCUT2D eigenvalue weighted by atomic mass is 16.5. The molecule has 2 atom stereocenters. The molecule has 3 N–H and O–H groups in total. The Kier molecular flexibility index (Phi) is 8.83. The fraction of sp³-hybridized carbons (Fsp3) is 0.231. The lowest BCUT2D eigenvalue weighted by Crippen LogP contribution is -2.56. The van der Waals surface area contributed by atoms with Crippen LogP contribution in [0.2, 0.25) is 0 Å². The van der Waals surface area contributed by atoms with E-state index in [0.717, 1.165) is 16.7 Å². The van der Waals surface area contributed by atoms with Gasteiger partial charge in [-0.3, -0.25) is 4.79 Å². The van der Waals surface area contributed by atoms with Crippen molar-refractivity contribution in [1.82, 2.24) is 16.0 Å². The van der Waals surface area contributed by atoms with Crippen molar-refractivity contribution < 1.29 is 14.3 Å². The number of amides is 2. The zero-order valence-corrected chi connectivity index (χ0v) is 18.2. The van der Waals surface area contributed by atoms with Gasteiger partial charge in [0.05, 0.1) is 0 Å². The van der Waals surface area contributed by atoms with Crippen LogP contribution in [-0.4, -0.2) is 24.1 Å². The number of hydrogen-bond donors (Lipinski definition) is 3. The molecule has 3 aromatic carbocycles. The summed E-state index contributed by atoms with van der Waals surface area (Å²) in [4.78, 5) is 25.4. The summed E-state index contributed by atoms with van der Waals surface area (Å²) in [6.45, 7) is 2.96. The Morgan fingerprint density at radius 1 is 0.750 bits per heavy atom. The lowest BCUT2D eigenvalue weighted by molar-refractivity contribution is -0.123. The van der Waals surface area contributed by atoms with Crippen molar-refractivity contribution in [3.05, 3.63) is 108 Å². The van der Waals surface area contributed by atoms with Gasteiger partial charge < -0.3 is 20.7 Å². The number of ether oxygens (including phenoxy) is 1. The predicted octanol–water partition coefficient (Wildman–Crippen LogP) is 3.78. The zero-order valence-electron chi connectivity index (χ0n) is 18.2. The number of nitrogens with one attached hydrogen (secondary N) is 3. The minimum atomic E-state index is -0.800. The van der Waals surface area contributed by atoms with Crippen molar-refractivity contribution in [1.29, 1.82) is 0 Å². The van der Waals surface area contributed by atoms with Gasteiger partial charge in [0, 0.05) is 19.1 Å². The van der Waals surface area contributed by atoms with Gasteiger partial charge in [0.15, 0.2) is 0 Å². The fourth-order valence-corrected chi connectivity index (χ4v) is 3.20. The van der Waals surface area contributed by atoms with Gasteiger partial charge in [-0.25, -0.2) is 4.79 Å². The zero-order chi connectivity index (χ0) is 22.6. The minimum absolute atomic E-state index is 0.136. The summed E-state index contributed by atoms with van der Waals surface area (Å²) in [5.74, 6) is -0.279. The van der Waals surface area contributed by atoms with E-state index in [1.54, 1.807) is 0 Å². The molecular weight excluding hydrogens is 402 g/mol. The van der Waals surface area contributed by atoms with E-state index in [1.807, 2.05) is 97.9 Å². The molecule has 6 nitrogen and oxygen atoms in total. The molecule has 32 heavy (non-hydrogen) atoms. The molecule has 1 unspecified atom stereocenters. The molecule has 0 saturated heterocycles. The van der Waals surface area contributed by atoms with Gasteiger partial charge in [-0.15, -0.1) is 0 Å². The predicted molar refractivity (Wildman–Crippen MR) is 125 cm³/mol. The Morgan fingerprint density at radius 3 is 1.81 bits per heavy atom. The Bertz CT molecular complexity index is 965. The van der Waals surface area contributed by atoms with Crippen molar-refractivity contribution in [2.24, 2.45) is 0 Å². The summed E-state index contributed by atoms with van der Waals surface area (Å²) in [5, 5.41) is 8.96. The van der Waals surface area contributed by atoms with E-state index in [1.165, 1.54) is 0 Å². The normalized spacial score (nSPS) is 12.4. The van der Waals surface area contributed by atoms with Gasteiger partial charge in [-0.2, -0.15) is 0 Å². The largest absolute Gasteiger partial charge is 0.445 e. The van der Waals surface area contributed by atoms with Crippen LogP contribution >= 0.6 is 0 Å². The van der Waals surface area contributed by atoms with Crippen LogP contribution in [0.15, 0.2) is 91.0 Å². The van der Waals surface area contributed by atoms with Crippen molar-refractivity contribution in [3.8, 4) is 0 Å². The highest BCUT2D eigenvalue weighted by Crippen LogP contribution is 2.05. The lowest BCUT2D eigenvalue weighted by atomic mass is 10.1. The van der Waals surface area contributed by atoms with Crippen molar-refractivity contribution in [2.45, 2.75) is 38.7 Å². The summed E-state index contributed by atoms with van der Waals surface area (Å²) >= 11 is 0. The first-order valence-corrected chi connectivity index (χ1v) is 10.7. The summed E-state index contributed by atoms with van der Waals surface area (Å²) in [6.07, 6.45) is -0.637. The van der Waals surface area contributed by atoms with Crippen molar-refractivity contribution in [3.63, 3.8) is 0 Å². The number of alkyl carbamates (subject to hydrolysis) is 1. The summed E-state index contributed by atoms with van der Waals surface area (Å²) in [7, 11) is 0. The van der Waals surface area contributed by atoms with E-state index in [4.69, 9.17) is 4.74 Å². The molecule has 0 fully saturated rings. The third-order valence-corrected chi connectivity index (χ3v) is 5.05. The Hall–Kier alpha value is -3.64. The SMILES string of the molecule is CC(NCc1ccccc1)[C@H](NC(=O)OCc1ccccc1)C(=O)NCc1ccccc1. The van der Waals surface area contributed by atoms with E-state index >= 15 is 0 Å². The molecule has 2 amide bonds. The van der Waals surface area contributed by atoms with Gasteiger partial charge >= 0.3 is 6.09 Å². The van der Waals surface area contributed by atoms with Gasteiger partial charge in [-0.05, 0) is 23.6 Å². The molecule has 0 aliphatic heterocycles. The molecular formula is C26H29N3O3. The molecule has 0 saturated carbocycles. The first-order valence-electron chi connectivity index (χ1n) is 10.7. The second-order valence-electron chi connectivity index (χ2n) is 7.54. The number of benzene rings is 3. The van der Waals surface area contributed by atoms with Crippen LogP contribution in [-0.2, 0) is 29.2 Å². The van der Waals surface area contributed by atoms with Crippen LogP contribution in [0, 0.1) is 0 Å². The quantitative estimate of drug-likeness (QED) is 0.457. The Morgan fingerprint density at radius 2 is 1.25 bits per heavy atom. The maximum absolute atomic E-state index is 13.0. The Balaban J connectivity index is 1.60. The average Bonchev–Trinajstić information content (AvgIpc) is 2.85. The molecule has 0 bridgehead atoms. The van der Waals surface area contributed by atoms with Gasteiger partial charge in [-0.1, -0.05) is 91.0 Å². The summed E-state index contributed by atoms with van der Waals surface area (Å²) < 4.78 is 5.33. The molecule has 6 heteroatoms. The fourth-order valence-electron chi connectivity index (χ4n) is 3.20. The third-order valence-electron chi connectivity index (χ3n) is 5.05. The highest BCUT2D eigenvalue weighted by molar-refractivity contribution is 5.86. The monoisotopic (exact) mass is 431 g/mol. The molecule has 166 valence electrons. The number of rotatable bonds is 10. The molecule has 3 rings (SSSR count). The molecule has 0 aliphatic carbocycles. The Labute approximate surface area is 189 Å². The lowest BCUT2D eigenvalue weighted by Gasteiger charge is -2.25. The van der Waals surface area contributed by atoms with Gasteiger partial charge in [0.1, 0.15) is 12.6 Å². The second kappa shape index (κ2) is 12.3. The first kappa shape index (κ1) is 23.0. The van der Waals surface area contributed by atoms with E-state index in [2.05, 4.69) is 16.0 Å². The molecule has 0 heterocycles. The molecule has 0 aliphatic rings. The molecule has 0 aromatic heterocycles. The smallest absolute Gasteiger partial charge is 0.408 e. The highest BCUT2D eigenvalue weighted by Gasteiger charge is 2.27. The summed E-state index contributed by atoms with van der Waals surface area (Å²) in [6, 6.07) is 27.8. The van der Waals surface area contributed by atoms with E-state index < -0.39 is 12.1 Å². The maximum Gasteiger partial charge on any atom is 0.408 e. The van der Waals surface area contributed by atoms with Crippen LogP contribution in [0.4, 0.5) is 4.79 Å². The topological polar surface area (TPSA) is 79.5 Å². The number of hydrogen-bond acceptors (Lipinski definition) is 4. The van der Waals surface area contributed by atoms with Crippen molar-refractivity contribution >= 4 is 12.0 Å². The van der Waals surface area contributed by atoms with Crippen molar-refractivity contribution in [2.75, 3.05) is 0 Å². The molecule has 0 radical (unpaired) electrons. The second-order valence-corrected chi connectivity index (χ2v) is 7.54. The van der Waals surface area contributed by atoms with Crippen LogP contribution in [0.25, 0.3) is 0 Å². The molecule has 0 spiro atoms. The minimum Gasteiger partial charge on any atom is -0.445 e. The molecule has 3 aromatic rings. The third kappa shape index (κ3) is 7.56. The first-order chi connectivity index (χ1) is 15.6. The maximum atomic E-state index is 13.0. The summed E-state index contributed by atoms with van der Waals surface area (Å²) in [5.41, 5.74) is 2.95. The average molecular weight is 432 g/mol.